The Morgan fingerprint density at radius 2 is 2.00 bits per heavy atom. The van der Waals surface area contributed by atoms with Gasteiger partial charge in [-0.05, 0) is 25.5 Å². The van der Waals surface area contributed by atoms with Crippen LogP contribution in [0.15, 0.2) is 30.3 Å². The third-order valence-electron chi connectivity index (χ3n) is 2.44. The van der Waals surface area contributed by atoms with Crippen LogP contribution in [0.5, 0.6) is 0 Å². The number of carbonyl (C=O) groups excluding carboxylic acids is 1. The van der Waals surface area contributed by atoms with Crippen LogP contribution >= 0.6 is 0 Å². The van der Waals surface area contributed by atoms with Crippen molar-refractivity contribution in [3.05, 3.63) is 30.3 Å². The van der Waals surface area contributed by atoms with E-state index in [1.807, 2.05) is 44.2 Å². The summed E-state index contributed by atoms with van der Waals surface area (Å²) < 4.78 is 4.78. The Bertz CT molecular complexity index is 311. The fourth-order valence-electron chi connectivity index (χ4n) is 1.41. The van der Waals surface area contributed by atoms with Crippen LogP contribution in [0.2, 0.25) is 0 Å². The number of nitrogens with zero attached hydrogens (tertiary/aromatic N) is 1. The molecule has 1 unspecified atom stereocenters. The number of carbonyl (C=O) groups is 1. The molecular formula is C12H17NO2. The summed E-state index contributed by atoms with van der Waals surface area (Å²) in [6.07, 6.45) is 0.583. The predicted octanol–water partition coefficient (Wildman–Crippen LogP) is 3.06. The standard InChI is InChI=1S/C12H17NO2/c1-4-10(2)13(12(14)15-3)11-8-6-5-7-9-11/h5-10H,4H2,1-3H3. The summed E-state index contributed by atoms with van der Waals surface area (Å²) in [4.78, 5) is 13.3. The van der Waals surface area contributed by atoms with Crippen LogP contribution in [0.1, 0.15) is 20.3 Å². The molecule has 0 radical (unpaired) electrons. The largest absolute Gasteiger partial charge is 0.452 e. The molecule has 0 saturated heterocycles. The van der Waals surface area contributed by atoms with Crippen molar-refractivity contribution in [3.8, 4) is 0 Å². The monoisotopic (exact) mass is 207 g/mol. The lowest BCUT2D eigenvalue weighted by Gasteiger charge is -2.27. The number of amides is 1. The van der Waals surface area contributed by atoms with Crippen LogP contribution in [0.4, 0.5) is 10.5 Å². The summed E-state index contributed by atoms with van der Waals surface area (Å²) in [7, 11) is 1.40. The van der Waals surface area contributed by atoms with Gasteiger partial charge in [0.1, 0.15) is 0 Å². The quantitative estimate of drug-likeness (QED) is 0.762. The Balaban J connectivity index is 2.96. The number of methoxy groups -OCH3 is 1. The van der Waals surface area contributed by atoms with E-state index in [0.29, 0.717) is 0 Å². The van der Waals surface area contributed by atoms with Crippen molar-refractivity contribution >= 4 is 11.8 Å². The zero-order valence-electron chi connectivity index (χ0n) is 9.43. The van der Waals surface area contributed by atoms with Crippen LogP contribution < -0.4 is 4.90 Å². The van der Waals surface area contributed by atoms with Gasteiger partial charge >= 0.3 is 6.09 Å². The molecule has 1 amide bonds. The number of ether oxygens (including phenoxy) is 1. The van der Waals surface area contributed by atoms with Crippen molar-refractivity contribution in [2.24, 2.45) is 0 Å². The Kier molecular flexibility index (Phi) is 4.16. The van der Waals surface area contributed by atoms with Gasteiger partial charge in [-0.3, -0.25) is 4.90 Å². The minimum absolute atomic E-state index is 0.139. The first-order chi connectivity index (χ1) is 7.20. The molecule has 0 N–H and O–H groups in total. The number of para-hydroxylation sites is 1. The molecule has 1 atom stereocenters. The van der Waals surface area contributed by atoms with Gasteiger partial charge in [0, 0.05) is 11.7 Å². The SMILES string of the molecule is CCC(C)N(C(=O)OC)c1ccccc1. The molecule has 0 aliphatic heterocycles. The highest BCUT2D eigenvalue weighted by atomic mass is 16.5. The second-order valence-electron chi connectivity index (χ2n) is 3.43. The van der Waals surface area contributed by atoms with Crippen LogP contribution in [0.3, 0.4) is 0 Å². The van der Waals surface area contributed by atoms with Crippen LogP contribution in [-0.4, -0.2) is 19.2 Å². The maximum absolute atomic E-state index is 11.6. The van der Waals surface area contributed by atoms with Gasteiger partial charge in [-0.25, -0.2) is 4.79 Å². The lowest BCUT2D eigenvalue weighted by atomic mass is 10.2. The maximum Gasteiger partial charge on any atom is 0.414 e. The van der Waals surface area contributed by atoms with Gasteiger partial charge in [-0.15, -0.1) is 0 Å². The van der Waals surface area contributed by atoms with Gasteiger partial charge in [-0.2, -0.15) is 0 Å². The first-order valence-electron chi connectivity index (χ1n) is 5.13. The first-order valence-corrected chi connectivity index (χ1v) is 5.13. The van der Waals surface area contributed by atoms with Gasteiger partial charge in [0.2, 0.25) is 0 Å². The normalized spacial score (nSPS) is 11.9. The molecule has 0 aliphatic carbocycles. The smallest absolute Gasteiger partial charge is 0.414 e. The molecule has 0 fully saturated rings. The molecule has 0 spiro atoms. The van der Waals surface area contributed by atoms with Gasteiger partial charge in [0.15, 0.2) is 0 Å². The highest BCUT2D eigenvalue weighted by molar-refractivity contribution is 5.88. The molecule has 1 aromatic carbocycles. The Hall–Kier alpha value is -1.51. The van der Waals surface area contributed by atoms with E-state index in [1.54, 1.807) is 4.90 Å². The average Bonchev–Trinajstić information content (AvgIpc) is 2.30. The lowest BCUT2D eigenvalue weighted by Crippen LogP contribution is -2.38. The molecular weight excluding hydrogens is 190 g/mol. The summed E-state index contributed by atoms with van der Waals surface area (Å²) >= 11 is 0. The molecule has 0 aromatic heterocycles. The summed E-state index contributed by atoms with van der Waals surface area (Å²) in [6, 6.07) is 9.70. The number of benzene rings is 1. The third-order valence-corrected chi connectivity index (χ3v) is 2.44. The topological polar surface area (TPSA) is 29.5 Å². The Morgan fingerprint density at radius 1 is 1.40 bits per heavy atom. The van der Waals surface area contributed by atoms with E-state index in [9.17, 15) is 4.79 Å². The maximum atomic E-state index is 11.6. The summed E-state index contributed by atoms with van der Waals surface area (Å²) in [6.45, 7) is 4.05. The van der Waals surface area contributed by atoms with E-state index in [1.165, 1.54) is 7.11 Å². The van der Waals surface area contributed by atoms with E-state index in [2.05, 4.69) is 0 Å². The average molecular weight is 207 g/mol. The molecule has 1 rings (SSSR count). The van der Waals surface area contributed by atoms with Crippen LogP contribution in [-0.2, 0) is 4.74 Å². The van der Waals surface area contributed by atoms with Crippen molar-refractivity contribution in [2.45, 2.75) is 26.3 Å². The highest BCUT2D eigenvalue weighted by Gasteiger charge is 2.20. The number of hydrogen-bond donors (Lipinski definition) is 0. The molecule has 0 aliphatic rings. The number of anilines is 1. The zero-order valence-corrected chi connectivity index (χ0v) is 9.43. The van der Waals surface area contributed by atoms with E-state index < -0.39 is 0 Å². The molecule has 1 aromatic rings. The minimum Gasteiger partial charge on any atom is -0.452 e. The molecule has 0 bridgehead atoms. The van der Waals surface area contributed by atoms with Crippen molar-refractivity contribution in [1.82, 2.24) is 0 Å². The molecule has 0 heterocycles. The third kappa shape index (κ3) is 2.72. The highest BCUT2D eigenvalue weighted by Crippen LogP contribution is 2.18. The molecule has 0 saturated carbocycles. The Morgan fingerprint density at radius 3 is 2.47 bits per heavy atom. The van der Waals surface area contributed by atoms with Crippen molar-refractivity contribution in [3.63, 3.8) is 0 Å². The summed E-state index contributed by atoms with van der Waals surface area (Å²) in [5.41, 5.74) is 0.874. The molecule has 82 valence electrons. The number of hydrogen-bond acceptors (Lipinski definition) is 2. The van der Waals surface area contributed by atoms with Gasteiger partial charge in [-0.1, -0.05) is 25.1 Å². The number of rotatable bonds is 3. The van der Waals surface area contributed by atoms with Gasteiger partial charge < -0.3 is 4.74 Å². The zero-order chi connectivity index (χ0) is 11.3. The van der Waals surface area contributed by atoms with E-state index in [4.69, 9.17) is 4.74 Å². The minimum atomic E-state index is -0.310. The van der Waals surface area contributed by atoms with E-state index in [-0.39, 0.29) is 12.1 Å². The second kappa shape index (κ2) is 5.39. The molecule has 3 heteroatoms. The fraction of sp³-hybridized carbons (Fsp3) is 0.417. The van der Waals surface area contributed by atoms with Crippen molar-refractivity contribution in [1.29, 1.82) is 0 Å². The summed E-state index contributed by atoms with van der Waals surface area (Å²) in [5.74, 6) is 0. The van der Waals surface area contributed by atoms with Gasteiger partial charge in [0.05, 0.1) is 7.11 Å². The van der Waals surface area contributed by atoms with Crippen molar-refractivity contribution < 1.29 is 9.53 Å². The Labute approximate surface area is 90.7 Å². The lowest BCUT2D eigenvalue weighted by molar-refractivity contribution is 0.176. The first kappa shape index (κ1) is 11.6. The van der Waals surface area contributed by atoms with Crippen LogP contribution in [0.25, 0.3) is 0 Å². The second-order valence-corrected chi connectivity index (χ2v) is 3.43. The van der Waals surface area contributed by atoms with Gasteiger partial charge in [0.25, 0.3) is 0 Å². The van der Waals surface area contributed by atoms with E-state index >= 15 is 0 Å². The van der Waals surface area contributed by atoms with Crippen LogP contribution in [0, 0.1) is 0 Å². The van der Waals surface area contributed by atoms with E-state index in [0.717, 1.165) is 12.1 Å². The summed E-state index contributed by atoms with van der Waals surface area (Å²) in [5, 5.41) is 0. The molecule has 15 heavy (non-hydrogen) atoms. The predicted molar refractivity (Wildman–Crippen MR) is 61.1 cm³/mol. The van der Waals surface area contributed by atoms with Crippen molar-refractivity contribution in [2.75, 3.05) is 12.0 Å². The fourth-order valence-corrected chi connectivity index (χ4v) is 1.41. The molecule has 3 nitrogen and oxygen atoms in total.